The van der Waals surface area contributed by atoms with E-state index in [4.69, 9.17) is 14.2 Å². The Labute approximate surface area is 191 Å². The molecule has 0 aliphatic carbocycles. The zero-order chi connectivity index (χ0) is 23.3. The van der Waals surface area contributed by atoms with Crippen molar-refractivity contribution in [1.29, 1.82) is 0 Å². The van der Waals surface area contributed by atoms with Gasteiger partial charge in [0.1, 0.15) is 10.6 Å². The van der Waals surface area contributed by atoms with E-state index in [1.54, 1.807) is 24.4 Å². The smallest absolute Gasteiger partial charge is 0.251 e. The van der Waals surface area contributed by atoms with E-state index in [2.05, 4.69) is 15.0 Å². The van der Waals surface area contributed by atoms with Gasteiger partial charge < -0.3 is 19.5 Å². The maximum absolute atomic E-state index is 12.9. The van der Waals surface area contributed by atoms with Crippen molar-refractivity contribution in [2.24, 2.45) is 0 Å². The Kier molecular flexibility index (Phi) is 6.76. The molecule has 4 rings (SSSR count). The van der Waals surface area contributed by atoms with Gasteiger partial charge in [0.25, 0.3) is 5.91 Å². The molecule has 2 aromatic carbocycles. The van der Waals surface area contributed by atoms with Crippen molar-refractivity contribution in [3.05, 3.63) is 77.6 Å². The van der Waals surface area contributed by atoms with Crippen molar-refractivity contribution in [3.8, 4) is 17.2 Å². The number of methoxy groups -OCH3 is 1. The summed E-state index contributed by atoms with van der Waals surface area (Å²) in [5.74, 6) is 1.01. The molecule has 0 radical (unpaired) electrons. The van der Waals surface area contributed by atoms with Crippen molar-refractivity contribution in [1.82, 2.24) is 15.0 Å². The van der Waals surface area contributed by atoms with Crippen molar-refractivity contribution in [2.45, 2.75) is 17.9 Å². The Morgan fingerprint density at radius 1 is 1.09 bits per heavy atom. The fraction of sp³-hybridized carbons (Fsp3) is 0.217. The molecule has 0 atom stereocenters. The van der Waals surface area contributed by atoms with Gasteiger partial charge in [-0.25, -0.2) is 13.1 Å². The number of hydrogen-bond donors (Lipinski definition) is 2. The first kappa shape index (κ1) is 22.6. The normalized spacial score (nSPS) is 12.4. The first-order chi connectivity index (χ1) is 16.0. The number of carbonyl (C=O) groups is 1. The van der Waals surface area contributed by atoms with Crippen LogP contribution in [0.15, 0.2) is 65.7 Å². The molecule has 0 unspecified atom stereocenters. The Hall–Kier alpha value is -3.63. The average Bonchev–Trinajstić information content (AvgIpc) is 3.30. The second-order valence-electron chi connectivity index (χ2n) is 7.20. The number of hydrogen-bond acceptors (Lipinski definition) is 7. The molecule has 10 heteroatoms. The molecule has 9 nitrogen and oxygen atoms in total. The summed E-state index contributed by atoms with van der Waals surface area (Å²) in [6, 6.07) is 15.1. The molecule has 33 heavy (non-hydrogen) atoms. The number of sulfonamides is 1. The highest BCUT2D eigenvalue weighted by atomic mass is 32.2. The lowest BCUT2D eigenvalue weighted by Gasteiger charge is -2.13. The summed E-state index contributed by atoms with van der Waals surface area (Å²) in [6.45, 7) is 0.569. The second-order valence-corrected chi connectivity index (χ2v) is 8.94. The molecule has 2 N–H and O–H groups in total. The highest BCUT2D eigenvalue weighted by molar-refractivity contribution is 7.89. The minimum Gasteiger partial charge on any atom is -0.495 e. The van der Waals surface area contributed by atoms with Crippen molar-refractivity contribution in [2.75, 3.05) is 20.4 Å². The number of carbonyl (C=O) groups excluding carboxylic acids is 1. The molecule has 3 aromatic rings. The van der Waals surface area contributed by atoms with Gasteiger partial charge in [-0.05, 0) is 48.0 Å². The summed E-state index contributed by atoms with van der Waals surface area (Å²) < 4.78 is 44.2. The summed E-state index contributed by atoms with van der Waals surface area (Å²) in [5, 5.41) is 2.79. The fourth-order valence-electron chi connectivity index (χ4n) is 3.30. The number of aromatic nitrogens is 1. The molecule has 1 aliphatic rings. The summed E-state index contributed by atoms with van der Waals surface area (Å²) in [6.07, 6.45) is 2.08. The molecule has 0 fully saturated rings. The predicted molar refractivity (Wildman–Crippen MR) is 120 cm³/mol. The molecule has 1 aliphatic heterocycles. The highest BCUT2D eigenvalue weighted by Crippen LogP contribution is 2.32. The summed E-state index contributed by atoms with van der Waals surface area (Å²) in [7, 11) is -2.54. The molecule has 2 heterocycles. The third kappa shape index (κ3) is 5.41. The van der Waals surface area contributed by atoms with Gasteiger partial charge in [-0.15, -0.1) is 0 Å². The summed E-state index contributed by atoms with van der Waals surface area (Å²) in [4.78, 5) is 16.8. The minimum absolute atomic E-state index is 0.109. The fourth-order valence-corrected chi connectivity index (χ4v) is 4.53. The monoisotopic (exact) mass is 469 g/mol. The number of nitrogens with one attached hydrogen (secondary N) is 2. The molecule has 0 saturated carbocycles. The minimum atomic E-state index is -3.92. The lowest BCUT2D eigenvalue weighted by Crippen LogP contribution is -2.27. The lowest BCUT2D eigenvalue weighted by atomic mass is 10.1. The van der Waals surface area contributed by atoms with E-state index in [9.17, 15) is 13.2 Å². The third-order valence-electron chi connectivity index (χ3n) is 5.00. The van der Waals surface area contributed by atoms with Gasteiger partial charge in [0.05, 0.1) is 7.11 Å². The zero-order valence-electron chi connectivity index (χ0n) is 17.9. The van der Waals surface area contributed by atoms with Crippen LogP contribution in [0.1, 0.15) is 21.6 Å². The number of rotatable bonds is 9. The van der Waals surface area contributed by atoms with Crippen LogP contribution in [0.25, 0.3) is 0 Å². The van der Waals surface area contributed by atoms with Crippen LogP contribution >= 0.6 is 0 Å². The van der Waals surface area contributed by atoms with Gasteiger partial charge in [0.15, 0.2) is 11.5 Å². The molecular formula is C23H23N3O6S. The summed E-state index contributed by atoms with van der Waals surface area (Å²) >= 11 is 0. The average molecular weight is 470 g/mol. The van der Waals surface area contributed by atoms with Crippen LogP contribution in [0.2, 0.25) is 0 Å². The Balaban J connectivity index is 1.44. The van der Waals surface area contributed by atoms with E-state index in [0.29, 0.717) is 17.9 Å². The maximum Gasteiger partial charge on any atom is 0.251 e. The van der Waals surface area contributed by atoms with E-state index in [-0.39, 0.29) is 36.1 Å². The lowest BCUT2D eigenvalue weighted by molar-refractivity contribution is 0.0950. The van der Waals surface area contributed by atoms with Crippen LogP contribution in [0, 0.1) is 0 Å². The van der Waals surface area contributed by atoms with Crippen LogP contribution in [0.5, 0.6) is 17.2 Å². The van der Waals surface area contributed by atoms with Gasteiger partial charge in [-0.2, -0.15) is 0 Å². The number of benzene rings is 2. The van der Waals surface area contributed by atoms with Gasteiger partial charge in [0, 0.05) is 37.0 Å². The number of pyridine rings is 1. The predicted octanol–water partition coefficient (Wildman–Crippen LogP) is 2.27. The van der Waals surface area contributed by atoms with Crippen LogP contribution in [-0.4, -0.2) is 39.8 Å². The molecule has 1 aromatic heterocycles. The number of nitrogens with zero attached hydrogens (tertiary/aromatic N) is 1. The largest absolute Gasteiger partial charge is 0.495 e. The molecule has 0 saturated heterocycles. The Morgan fingerprint density at radius 3 is 2.73 bits per heavy atom. The highest BCUT2D eigenvalue weighted by Gasteiger charge is 2.22. The van der Waals surface area contributed by atoms with E-state index >= 15 is 0 Å². The van der Waals surface area contributed by atoms with Gasteiger partial charge in [-0.1, -0.05) is 12.1 Å². The van der Waals surface area contributed by atoms with Crippen molar-refractivity contribution < 1.29 is 27.4 Å². The maximum atomic E-state index is 12.9. The molecule has 0 bridgehead atoms. The first-order valence-corrected chi connectivity index (χ1v) is 11.7. The Bertz CT molecular complexity index is 1250. The van der Waals surface area contributed by atoms with E-state index in [0.717, 1.165) is 11.3 Å². The summed E-state index contributed by atoms with van der Waals surface area (Å²) in [5.41, 5.74) is 1.79. The van der Waals surface area contributed by atoms with Crippen LogP contribution in [-0.2, 0) is 23.0 Å². The van der Waals surface area contributed by atoms with Crippen LogP contribution in [0.4, 0.5) is 0 Å². The SMILES string of the molecule is COc1ccc(C(=O)NCc2ccc3c(c2)OCO3)cc1S(=O)(=O)NCCc1ccccn1. The first-order valence-electron chi connectivity index (χ1n) is 10.2. The van der Waals surface area contributed by atoms with Crippen LogP contribution in [0.3, 0.4) is 0 Å². The van der Waals surface area contributed by atoms with E-state index < -0.39 is 15.9 Å². The zero-order valence-corrected chi connectivity index (χ0v) is 18.7. The molecular weight excluding hydrogens is 446 g/mol. The third-order valence-corrected chi connectivity index (χ3v) is 6.49. The molecule has 172 valence electrons. The van der Waals surface area contributed by atoms with E-state index in [1.807, 2.05) is 18.2 Å². The Morgan fingerprint density at radius 2 is 1.94 bits per heavy atom. The van der Waals surface area contributed by atoms with Crippen molar-refractivity contribution in [3.63, 3.8) is 0 Å². The van der Waals surface area contributed by atoms with Gasteiger partial charge in [0.2, 0.25) is 16.8 Å². The van der Waals surface area contributed by atoms with Crippen molar-refractivity contribution >= 4 is 15.9 Å². The number of ether oxygens (including phenoxy) is 3. The molecule has 0 spiro atoms. The topological polar surface area (TPSA) is 116 Å². The second kappa shape index (κ2) is 9.88. The number of amides is 1. The quantitative estimate of drug-likeness (QED) is 0.494. The number of fused-ring (bicyclic) bond motifs is 1. The van der Waals surface area contributed by atoms with Gasteiger partial charge in [-0.3, -0.25) is 9.78 Å². The van der Waals surface area contributed by atoms with Crippen LogP contribution < -0.4 is 24.2 Å². The van der Waals surface area contributed by atoms with E-state index in [1.165, 1.54) is 25.3 Å². The van der Waals surface area contributed by atoms with Gasteiger partial charge >= 0.3 is 0 Å². The molecule has 1 amide bonds. The standard InChI is InChI=1S/C23H23N3O6S/c1-30-20-8-6-17(23(27)25-14-16-5-7-19-21(12-16)32-15-31-19)13-22(20)33(28,29)26-11-9-18-4-2-3-10-24-18/h2-8,10,12-13,26H,9,11,14-15H2,1H3,(H,25,27).